The van der Waals surface area contributed by atoms with E-state index >= 15 is 0 Å². The number of nitrogens with one attached hydrogen (secondary N) is 1. The number of nitrogens with zero attached hydrogens (tertiary/aromatic N) is 3. The fraction of sp³-hybridized carbons (Fsp3) is 0.150. The Labute approximate surface area is 159 Å². The highest BCUT2D eigenvalue weighted by Crippen LogP contribution is 2.28. The Balaban J connectivity index is 1.62. The highest BCUT2D eigenvalue weighted by atomic mass is 16.7. The van der Waals surface area contributed by atoms with Gasteiger partial charge in [0.2, 0.25) is 11.8 Å². The largest absolute Gasteiger partial charge is 0.416 e. The second-order valence-corrected chi connectivity index (χ2v) is 6.45. The molecule has 0 unspecified atom stereocenters. The number of aromatic amines is 1. The Hall–Kier alpha value is -3.51. The molecule has 2 aromatic heterocycles. The molecule has 0 saturated carbocycles. The number of hydrogen-bond donors (Lipinski definition) is 4. The maximum Gasteiger partial charge on any atom is 0.275 e. The van der Waals surface area contributed by atoms with E-state index in [1.807, 2.05) is 30.5 Å². The molecular formula is C20H16N4O4. The Morgan fingerprint density at radius 1 is 1.00 bits per heavy atom. The van der Waals surface area contributed by atoms with Crippen LogP contribution in [0.4, 0.5) is 0 Å². The lowest BCUT2D eigenvalue weighted by Crippen LogP contribution is -2.27. The number of H-pyrrole nitrogens is 1. The molecule has 4 rings (SSSR count). The summed E-state index contributed by atoms with van der Waals surface area (Å²) >= 11 is 0. The van der Waals surface area contributed by atoms with E-state index in [0.717, 1.165) is 16.5 Å². The van der Waals surface area contributed by atoms with Crippen molar-refractivity contribution in [3.63, 3.8) is 0 Å². The van der Waals surface area contributed by atoms with Gasteiger partial charge in [0.05, 0.1) is 11.6 Å². The van der Waals surface area contributed by atoms with Crippen molar-refractivity contribution >= 4 is 10.9 Å². The fourth-order valence-corrected chi connectivity index (χ4v) is 2.98. The van der Waals surface area contributed by atoms with E-state index in [-0.39, 0.29) is 18.7 Å². The van der Waals surface area contributed by atoms with Crippen molar-refractivity contribution in [1.29, 1.82) is 5.26 Å². The summed E-state index contributed by atoms with van der Waals surface area (Å²) in [5, 5.41) is 45.7. The predicted molar refractivity (Wildman–Crippen MR) is 99.5 cm³/mol. The topological polar surface area (TPSA) is 139 Å². The SMILES string of the molecule is N#Cc1cc(-c2nnc(-c3ccc4[nH]ccc4c3)o2)ccc1CCC(O)(O)O. The molecule has 0 spiro atoms. The van der Waals surface area contributed by atoms with Gasteiger partial charge in [-0.3, -0.25) is 0 Å². The van der Waals surface area contributed by atoms with Crippen LogP contribution in [0.1, 0.15) is 17.5 Å². The van der Waals surface area contributed by atoms with Gasteiger partial charge in [0.15, 0.2) is 0 Å². The highest BCUT2D eigenvalue weighted by Gasteiger charge is 2.19. The van der Waals surface area contributed by atoms with E-state index in [2.05, 4.69) is 21.3 Å². The second-order valence-electron chi connectivity index (χ2n) is 6.45. The molecular weight excluding hydrogens is 360 g/mol. The van der Waals surface area contributed by atoms with Crippen LogP contribution in [0.3, 0.4) is 0 Å². The second kappa shape index (κ2) is 6.90. The van der Waals surface area contributed by atoms with Crippen molar-refractivity contribution in [1.82, 2.24) is 15.2 Å². The van der Waals surface area contributed by atoms with E-state index in [0.29, 0.717) is 22.6 Å². The number of nitriles is 1. The third-order valence-electron chi connectivity index (χ3n) is 4.43. The van der Waals surface area contributed by atoms with E-state index in [1.165, 1.54) is 0 Å². The molecule has 0 aliphatic carbocycles. The molecule has 8 heteroatoms. The molecule has 28 heavy (non-hydrogen) atoms. The Kier molecular flexibility index (Phi) is 4.41. The van der Waals surface area contributed by atoms with Crippen molar-refractivity contribution in [2.75, 3.05) is 0 Å². The van der Waals surface area contributed by atoms with Crippen molar-refractivity contribution in [2.24, 2.45) is 0 Å². The van der Waals surface area contributed by atoms with E-state index < -0.39 is 5.97 Å². The molecule has 0 aliphatic rings. The first-order valence-electron chi connectivity index (χ1n) is 8.54. The Bertz CT molecular complexity index is 1180. The normalized spacial score (nSPS) is 11.6. The fourth-order valence-electron chi connectivity index (χ4n) is 2.98. The summed E-state index contributed by atoms with van der Waals surface area (Å²) in [6, 6.07) is 14.7. The minimum Gasteiger partial charge on any atom is -0.416 e. The van der Waals surface area contributed by atoms with Crippen molar-refractivity contribution in [2.45, 2.75) is 18.8 Å². The van der Waals surface area contributed by atoms with Gasteiger partial charge in [-0.15, -0.1) is 10.2 Å². The summed E-state index contributed by atoms with van der Waals surface area (Å²) in [5.41, 5.74) is 3.27. The summed E-state index contributed by atoms with van der Waals surface area (Å²) in [5.74, 6) is -2.13. The molecule has 0 aliphatic heterocycles. The molecule has 0 atom stereocenters. The minimum absolute atomic E-state index is 0.123. The average Bonchev–Trinajstić information content (AvgIpc) is 3.34. The third-order valence-corrected chi connectivity index (χ3v) is 4.43. The van der Waals surface area contributed by atoms with Crippen LogP contribution in [0.5, 0.6) is 0 Å². The maximum atomic E-state index is 9.38. The van der Waals surface area contributed by atoms with Crippen LogP contribution in [-0.2, 0) is 6.42 Å². The lowest BCUT2D eigenvalue weighted by Gasteiger charge is -2.14. The van der Waals surface area contributed by atoms with Crippen LogP contribution >= 0.6 is 0 Å². The first kappa shape index (κ1) is 17.9. The number of benzene rings is 2. The average molecular weight is 376 g/mol. The lowest BCUT2D eigenvalue weighted by molar-refractivity contribution is -0.314. The molecule has 4 aromatic rings. The molecule has 0 amide bonds. The number of hydrogen-bond acceptors (Lipinski definition) is 7. The molecule has 0 saturated heterocycles. The molecule has 0 fully saturated rings. The van der Waals surface area contributed by atoms with Gasteiger partial charge in [0.25, 0.3) is 5.97 Å². The van der Waals surface area contributed by atoms with Gasteiger partial charge in [-0.1, -0.05) is 6.07 Å². The summed E-state index contributed by atoms with van der Waals surface area (Å²) in [6.45, 7) is 0. The van der Waals surface area contributed by atoms with Gasteiger partial charge in [-0.25, -0.2) is 0 Å². The van der Waals surface area contributed by atoms with Crippen LogP contribution in [0.2, 0.25) is 0 Å². The van der Waals surface area contributed by atoms with E-state index in [9.17, 15) is 5.26 Å². The first-order chi connectivity index (χ1) is 13.4. The van der Waals surface area contributed by atoms with Crippen molar-refractivity contribution < 1.29 is 19.7 Å². The lowest BCUT2D eigenvalue weighted by atomic mass is 10.0. The summed E-state index contributed by atoms with van der Waals surface area (Å²) in [6.07, 6.45) is 1.67. The van der Waals surface area contributed by atoms with Crippen LogP contribution in [0.15, 0.2) is 53.1 Å². The maximum absolute atomic E-state index is 9.38. The van der Waals surface area contributed by atoms with Gasteiger partial charge >= 0.3 is 0 Å². The molecule has 140 valence electrons. The van der Waals surface area contributed by atoms with Crippen LogP contribution in [0, 0.1) is 11.3 Å². The Morgan fingerprint density at radius 2 is 1.71 bits per heavy atom. The molecule has 0 radical (unpaired) electrons. The standard InChI is InChI=1S/C20H16N4O4/c21-11-16-10-14(2-1-12(16)5-7-20(25,26)27)18-23-24-19(28-18)15-3-4-17-13(9-15)6-8-22-17/h1-4,6,8-10,22,25-27H,5,7H2. The Morgan fingerprint density at radius 3 is 2.43 bits per heavy atom. The van der Waals surface area contributed by atoms with Gasteiger partial charge in [0, 0.05) is 34.6 Å². The number of aliphatic hydroxyl groups is 3. The minimum atomic E-state index is -2.77. The number of aryl methyl sites for hydroxylation is 1. The quantitative estimate of drug-likeness (QED) is 0.392. The molecule has 0 bridgehead atoms. The van der Waals surface area contributed by atoms with Crippen LogP contribution in [0.25, 0.3) is 33.8 Å². The third kappa shape index (κ3) is 3.63. The highest BCUT2D eigenvalue weighted by molar-refractivity contribution is 5.83. The van der Waals surface area contributed by atoms with E-state index in [4.69, 9.17) is 19.7 Å². The predicted octanol–water partition coefficient (Wildman–Crippen LogP) is 2.32. The zero-order valence-corrected chi connectivity index (χ0v) is 14.6. The zero-order valence-electron chi connectivity index (χ0n) is 14.6. The van der Waals surface area contributed by atoms with Crippen LogP contribution < -0.4 is 0 Å². The smallest absolute Gasteiger partial charge is 0.275 e. The summed E-state index contributed by atoms with van der Waals surface area (Å²) in [4.78, 5) is 3.12. The van der Waals surface area contributed by atoms with Gasteiger partial charge in [-0.2, -0.15) is 5.26 Å². The number of fused-ring (bicyclic) bond motifs is 1. The molecule has 8 nitrogen and oxygen atoms in total. The summed E-state index contributed by atoms with van der Waals surface area (Å²) in [7, 11) is 0. The first-order valence-corrected chi connectivity index (χ1v) is 8.54. The van der Waals surface area contributed by atoms with E-state index in [1.54, 1.807) is 18.2 Å². The van der Waals surface area contributed by atoms with Crippen molar-refractivity contribution in [3.8, 4) is 29.0 Å². The van der Waals surface area contributed by atoms with Gasteiger partial charge < -0.3 is 24.7 Å². The molecule has 4 N–H and O–H groups in total. The van der Waals surface area contributed by atoms with Crippen molar-refractivity contribution in [3.05, 3.63) is 59.8 Å². The van der Waals surface area contributed by atoms with Crippen LogP contribution in [-0.4, -0.2) is 36.5 Å². The number of aromatic nitrogens is 3. The van der Waals surface area contributed by atoms with Gasteiger partial charge in [0.1, 0.15) is 0 Å². The number of rotatable bonds is 5. The zero-order chi connectivity index (χ0) is 19.7. The molecule has 2 heterocycles. The monoisotopic (exact) mass is 376 g/mol. The van der Waals surface area contributed by atoms with Gasteiger partial charge in [-0.05, 0) is 48.4 Å². The molecule has 2 aromatic carbocycles. The summed E-state index contributed by atoms with van der Waals surface area (Å²) < 4.78 is 5.77.